The highest BCUT2D eigenvalue weighted by molar-refractivity contribution is 9.11. The topological polar surface area (TPSA) is 116 Å². The Bertz CT molecular complexity index is 1710. The van der Waals surface area contributed by atoms with Crippen molar-refractivity contribution in [3.05, 3.63) is 118 Å². The summed E-state index contributed by atoms with van der Waals surface area (Å²) in [4.78, 5) is 58.0. The van der Waals surface area contributed by atoms with Crippen molar-refractivity contribution in [2.24, 2.45) is 15.0 Å². The van der Waals surface area contributed by atoms with Gasteiger partial charge in [0.15, 0.2) is 17.3 Å². The number of carbonyl (C=O) groups is 3. The molecule has 0 amide bonds. The fourth-order valence-electron chi connectivity index (χ4n) is 6.61. The molecule has 0 fully saturated rings. The van der Waals surface area contributed by atoms with Crippen molar-refractivity contribution in [3.8, 4) is 0 Å². The van der Waals surface area contributed by atoms with Gasteiger partial charge >= 0.3 is 0 Å². The quantitative estimate of drug-likeness (QED) is 0.174. The summed E-state index contributed by atoms with van der Waals surface area (Å²) in [7, 11) is 0. The molecule has 3 aromatic carbocycles. The monoisotopic (exact) mass is 760 g/mol. The molecule has 212 valence electrons. The van der Waals surface area contributed by atoms with Crippen molar-refractivity contribution in [1.82, 2.24) is 0 Å². The lowest BCUT2D eigenvalue weighted by Crippen LogP contribution is -2.35. The van der Waals surface area contributed by atoms with E-state index in [-0.39, 0.29) is 37.2 Å². The fraction of sp³-hybridized carbons (Fsp3) is 0.129. The van der Waals surface area contributed by atoms with Crippen LogP contribution in [0.2, 0.25) is 0 Å². The molecule has 0 aromatic heterocycles. The maximum absolute atomic E-state index is 14.3. The minimum absolute atomic E-state index is 0.253. The van der Waals surface area contributed by atoms with Gasteiger partial charge in [0.05, 0.1) is 17.7 Å². The Morgan fingerprint density at radius 2 is 0.767 bits per heavy atom. The average molecular weight is 763 g/mol. The van der Waals surface area contributed by atoms with Gasteiger partial charge < -0.3 is 29.2 Å². The maximum atomic E-state index is 14.3. The Labute approximate surface area is 268 Å². The first kappa shape index (κ1) is 25.6. The lowest BCUT2D eigenvalue weighted by Gasteiger charge is -2.40. The molecule has 3 aromatic rings. The van der Waals surface area contributed by atoms with E-state index in [1.54, 1.807) is 36.4 Å². The molecule has 0 N–H and O–H groups in total. The molecular weight excluding hydrogens is 750 g/mol. The standard InChI is InChI=1S/C31H13Br3N3O6/c32-19-7-41-29(35-19)10-1-13-22-14(2-10)27(39)17-5-12(31-37-21(34)9-43-31)6-18-24(17)25(22)23-15(26(13)38)3-11(4-16(23)28(18)40)30-36-20(33)8-42-30/h1-6,25H,7-9H2/q-3. The highest BCUT2D eigenvalue weighted by atomic mass is 79.9. The molecule has 0 saturated heterocycles. The second-order valence-electron chi connectivity index (χ2n) is 10.6. The number of nitrogens with zero attached hydrogens (tertiary/aromatic N) is 3. The summed E-state index contributed by atoms with van der Waals surface area (Å²) in [6.07, 6.45) is 0. The zero-order valence-electron chi connectivity index (χ0n) is 21.6. The van der Waals surface area contributed by atoms with Crippen LogP contribution in [0.1, 0.15) is 87.1 Å². The van der Waals surface area contributed by atoms with Gasteiger partial charge in [-0.15, -0.1) is 0 Å². The Hall–Kier alpha value is -3.87. The molecule has 0 spiro atoms. The van der Waals surface area contributed by atoms with Crippen molar-refractivity contribution in [3.63, 3.8) is 0 Å². The third-order valence-corrected chi connectivity index (χ3v) is 9.49. The molecule has 12 heteroatoms. The van der Waals surface area contributed by atoms with Crippen LogP contribution in [0.5, 0.6) is 0 Å². The van der Waals surface area contributed by atoms with E-state index in [1.807, 2.05) is 0 Å². The van der Waals surface area contributed by atoms with Gasteiger partial charge in [-0.2, -0.15) is 47.8 Å². The molecule has 3 heterocycles. The molecule has 6 aliphatic rings. The Morgan fingerprint density at radius 3 is 0.977 bits per heavy atom. The van der Waals surface area contributed by atoms with Gasteiger partial charge in [-0.25, -0.2) is 0 Å². The van der Waals surface area contributed by atoms with Crippen LogP contribution in [-0.2, 0) is 14.2 Å². The Morgan fingerprint density at radius 1 is 0.512 bits per heavy atom. The second kappa shape index (κ2) is 8.84. The molecule has 0 atom stereocenters. The molecule has 0 unspecified atom stereocenters. The Balaban J connectivity index is 1.36. The number of rotatable bonds is 3. The summed E-state index contributed by atoms with van der Waals surface area (Å²) in [6, 6.07) is 10.4. The van der Waals surface area contributed by atoms with Crippen LogP contribution in [0.4, 0.5) is 0 Å². The zero-order chi connectivity index (χ0) is 29.3. The maximum Gasteiger partial charge on any atom is 0.193 e. The van der Waals surface area contributed by atoms with E-state index in [4.69, 9.17) is 14.2 Å². The average Bonchev–Trinajstić information content (AvgIpc) is 3.76. The third kappa shape index (κ3) is 3.51. The first-order valence-electron chi connectivity index (χ1n) is 13.1. The minimum atomic E-state index is -0.510. The van der Waals surface area contributed by atoms with Crippen molar-refractivity contribution in [2.45, 2.75) is 5.92 Å². The largest absolute Gasteiger partial charge is 0.572 e. The van der Waals surface area contributed by atoms with Crippen molar-refractivity contribution >= 4 is 82.8 Å². The van der Waals surface area contributed by atoms with E-state index in [1.165, 1.54) is 0 Å². The van der Waals surface area contributed by atoms with Crippen LogP contribution < -0.4 is 0 Å². The van der Waals surface area contributed by atoms with Crippen molar-refractivity contribution in [1.29, 1.82) is 0 Å². The Kier molecular flexibility index (Phi) is 5.26. The first-order valence-corrected chi connectivity index (χ1v) is 15.5. The summed E-state index contributed by atoms with van der Waals surface area (Å²) >= 11 is 10.1. The SMILES string of the molecule is O=C1c2cc(C3=N[C-](Br)CO3)cc3c2C2c4c1cc(C1=N[C-](Br)CO1)cc4C(=O)c1cc(C4=N[C-](Br)CO4)cc(c12)C3=O. The fourth-order valence-corrected chi connectivity index (χ4v) is 7.44. The number of hydrogen-bond donors (Lipinski definition) is 0. The summed E-state index contributed by atoms with van der Waals surface area (Å²) in [5.74, 6) is -0.460. The molecule has 43 heavy (non-hydrogen) atoms. The number of benzene rings is 3. The van der Waals surface area contributed by atoms with Crippen LogP contribution in [0.3, 0.4) is 0 Å². The number of hydrogen-bond acceptors (Lipinski definition) is 9. The molecule has 0 saturated carbocycles. The third-order valence-electron chi connectivity index (χ3n) is 8.27. The first-order chi connectivity index (χ1) is 20.8. The van der Waals surface area contributed by atoms with Crippen molar-refractivity contribution < 1.29 is 28.6 Å². The highest BCUT2D eigenvalue weighted by Crippen LogP contribution is 2.53. The minimum Gasteiger partial charge on any atom is -0.572 e. The molecule has 9 rings (SSSR count). The molecule has 3 aliphatic carbocycles. The van der Waals surface area contributed by atoms with Gasteiger partial charge in [0.1, 0.15) is 0 Å². The normalized spacial score (nSPS) is 19.2. The summed E-state index contributed by atoms with van der Waals surface area (Å²) < 4.78 is 17.3. The summed E-state index contributed by atoms with van der Waals surface area (Å²) in [5.41, 5.74) is 5.53. The molecule has 9 nitrogen and oxygen atoms in total. The van der Waals surface area contributed by atoms with E-state index in [9.17, 15) is 14.4 Å². The van der Waals surface area contributed by atoms with Crippen LogP contribution in [0.15, 0.2) is 51.4 Å². The smallest absolute Gasteiger partial charge is 0.193 e. The van der Waals surface area contributed by atoms with Gasteiger partial charge in [-0.3, -0.25) is 14.4 Å². The molecule has 3 aliphatic heterocycles. The zero-order valence-corrected chi connectivity index (χ0v) is 26.3. The number of halogens is 3. The van der Waals surface area contributed by atoms with E-state index in [0.29, 0.717) is 99.3 Å². The predicted octanol–water partition coefficient (Wildman–Crippen LogP) is 5.48. The predicted molar refractivity (Wildman–Crippen MR) is 165 cm³/mol. The van der Waals surface area contributed by atoms with Crippen LogP contribution in [0, 0.1) is 14.9 Å². The van der Waals surface area contributed by atoms with Gasteiger partial charge in [0.2, 0.25) is 0 Å². The van der Waals surface area contributed by atoms with Gasteiger partial charge in [0, 0.05) is 59.1 Å². The lowest BCUT2D eigenvalue weighted by molar-refractivity contribution is 0.102. The molecular formula is C31H13Br3N3O6-3. The van der Waals surface area contributed by atoms with E-state index < -0.39 is 5.92 Å². The number of ether oxygens (including phenoxy) is 3. The van der Waals surface area contributed by atoms with Crippen molar-refractivity contribution in [2.75, 3.05) is 19.8 Å². The van der Waals surface area contributed by atoms with Gasteiger partial charge in [0.25, 0.3) is 0 Å². The van der Waals surface area contributed by atoms with Crippen LogP contribution in [0.25, 0.3) is 0 Å². The number of carbonyl (C=O) groups excluding carboxylic acids is 3. The molecule has 0 radical (unpaired) electrons. The molecule has 0 bridgehead atoms. The second-order valence-corrected chi connectivity index (χ2v) is 13.4. The van der Waals surface area contributed by atoms with E-state index >= 15 is 0 Å². The van der Waals surface area contributed by atoms with Gasteiger partial charge in [-0.1, -0.05) is 36.4 Å². The highest BCUT2D eigenvalue weighted by Gasteiger charge is 2.47. The summed E-state index contributed by atoms with van der Waals surface area (Å²) in [6.45, 7) is 0.759. The van der Waals surface area contributed by atoms with Crippen LogP contribution >= 0.6 is 47.8 Å². The van der Waals surface area contributed by atoms with E-state index in [2.05, 4.69) is 62.8 Å². The number of aliphatic imine (C=N–C) groups is 3. The number of ketones is 3. The summed E-state index contributed by atoms with van der Waals surface area (Å²) in [5, 5.41) is 0. The van der Waals surface area contributed by atoms with Gasteiger partial charge in [-0.05, 0) is 48.2 Å². The van der Waals surface area contributed by atoms with Crippen LogP contribution in [-0.4, -0.2) is 54.9 Å². The lowest BCUT2D eigenvalue weighted by atomic mass is 9.61. The van der Waals surface area contributed by atoms with E-state index in [0.717, 1.165) is 0 Å².